The lowest BCUT2D eigenvalue weighted by atomic mass is 10.0. The number of carbonyl (C=O) groups is 1. The zero-order valence-electron chi connectivity index (χ0n) is 9.62. The zero-order valence-corrected chi connectivity index (χ0v) is 9.62. The van der Waals surface area contributed by atoms with Gasteiger partial charge in [-0.15, -0.1) is 0 Å². The summed E-state index contributed by atoms with van der Waals surface area (Å²) in [4.78, 5) is 11.1. The third kappa shape index (κ3) is 3.62. The molecule has 1 aromatic carbocycles. The van der Waals surface area contributed by atoms with E-state index in [-0.39, 0.29) is 11.4 Å². The molecule has 1 unspecified atom stereocenters. The van der Waals surface area contributed by atoms with Gasteiger partial charge in [-0.1, -0.05) is 12.1 Å². The smallest absolute Gasteiger partial charge is 0.325 e. The molecule has 4 heteroatoms. The van der Waals surface area contributed by atoms with E-state index in [2.05, 4.69) is 5.32 Å². The van der Waals surface area contributed by atoms with Crippen molar-refractivity contribution < 1.29 is 14.3 Å². The molecule has 88 valence electrons. The predicted octanol–water partition coefficient (Wildman–Crippen LogP) is 2.34. The number of nitrogens with one attached hydrogen (secondary N) is 1. The molecule has 1 rings (SSSR count). The molecule has 16 heavy (non-hydrogen) atoms. The van der Waals surface area contributed by atoms with E-state index in [4.69, 9.17) is 5.11 Å². The van der Waals surface area contributed by atoms with Crippen molar-refractivity contribution in [2.45, 2.75) is 32.4 Å². The van der Waals surface area contributed by atoms with E-state index in [1.165, 1.54) is 24.3 Å². The Morgan fingerprint density at radius 3 is 2.19 bits per heavy atom. The Morgan fingerprint density at radius 1 is 1.31 bits per heavy atom. The van der Waals surface area contributed by atoms with Gasteiger partial charge in [0.05, 0.1) is 0 Å². The van der Waals surface area contributed by atoms with Crippen LogP contribution in [0.1, 0.15) is 32.4 Å². The van der Waals surface area contributed by atoms with Crippen LogP contribution in [0.15, 0.2) is 24.3 Å². The van der Waals surface area contributed by atoms with Gasteiger partial charge in [-0.2, -0.15) is 0 Å². The molecule has 0 aliphatic carbocycles. The Bertz CT molecular complexity index is 368. The molecule has 0 saturated heterocycles. The first kappa shape index (κ1) is 12.6. The van der Waals surface area contributed by atoms with Gasteiger partial charge in [0.25, 0.3) is 0 Å². The molecule has 0 heterocycles. The highest BCUT2D eigenvalue weighted by Gasteiger charge is 2.24. The van der Waals surface area contributed by atoms with Crippen molar-refractivity contribution in [2.24, 2.45) is 0 Å². The van der Waals surface area contributed by atoms with E-state index in [9.17, 15) is 9.18 Å². The number of aliphatic carboxylic acids is 1. The fourth-order valence-electron chi connectivity index (χ4n) is 1.38. The van der Waals surface area contributed by atoms with Gasteiger partial charge in [0.2, 0.25) is 0 Å². The van der Waals surface area contributed by atoms with Crippen LogP contribution in [0.4, 0.5) is 4.39 Å². The molecule has 1 aromatic rings. The fraction of sp³-hybridized carbons (Fsp3) is 0.417. The first-order valence-corrected chi connectivity index (χ1v) is 5.05. The number of halogens is 1. The standard InChI is InChI=1S/C12H16FNO2/c1-12(2,3)14-10(11(15)16)8-4-6-9(13)7-5-8/h4-7,10,14H,1-3H3,(H,15,16). The third-order valence-electron chi connectivity index (χ3n) is 2.03. The number of benzene rings is 1. The molecule has 0 bridgehead atoms. The predicted molar refractivity (Wildman–Crippen MR) is 59.7 cm³/mol. The highest BCUT2D eigenvalue weighted by Crippen LogP contribution is 2.17. The molecule has 0 aliphatic heterocycles. The number of hydrogen-bond donors (Lipinski definition) is 2. The number of carboxylic acid groups (broad SMARTS) is 1. The molecule has 0 saturated carbocycles. The maximum atomic E-state index is 12.7. The van der Waals surface area contributed by atoms with Crippen LogP contribution in [0.3, 0.4) is 0 Å². The lowest BCUT2D eigenvalue weighted by molar-refractivity contribution is -0.140. The van der Waals surface area contributed by atoms with Crippen LogP contribution in [0.25, 0.3) is 0 Å². The maximum Gasteiger partial charge on any atom is 0.325 e. The second kappa shape index (κ2) is 4.61. The molecule has 0 radical (unpaired) electrons. The maximum absolute atomic E-state index is 12.7. The summed E-state index contributed by atoms with van der Waals surface area (Å²) in [5.41, 5.74) is 0.223. The van der Waals surface area contributed by atoms with Crippen LogP contribution in [0.2, 0.25) is 0 Å². The van der Waals surface area contributed by atoms with E-state index in [1.807, 2.05) is 20.8 Å². The third-order valence-corrected chi connectivity index (χ3v) is 2.03. The Morgan fingerprint density at radius 2 is 1.81 bits per heavy atom. The Kier molecular flexibility index (Phi) is 3.65. The van der Waals surface area contributed by atoms with Gasteiger partial charge in [0, 0.05) is 5.54 Å². The summed E-state index contributed by atoms with van der Waals surface area (Å²) >= 11 is 0. The van der Waals surface area contributed by atoms with Crippen molar-refractivity contribution in [3.8, 4) is 0 Å². The second-order valence-corrected chi connectivity index (χ2v) is 4.72. The minimum atomic E-state index is -0.971. The quantitative estimate of drug-likeness (QED) is 0.830. The highest BCUT2D eigenvalue weighted by atomic mass is 19.1. The average Bonchev–Trinajstić information content (AvgIpc) is 2.14. The van der Waals surface area contributed by atoms with Crippen LogP contribution in [-0.2, 0) is 4.79 Å². The van der Waals surface area contributed by atoms with Gasteiger partial charge in [0.15, 0.2) is 0 Å². The first-order valence-electron chi connectivity index (χ1n) is 5.05. The molecule has 2 N–H and O–H groups in total. The monoisotopic (exact) mass is 225 g/mol. The van der Waals surface area contributed by atoms with Crippen LogP contribution < -0.4 is 5.32 Å². The summed E-state index contributed by atoms with van der Waals surface area (Å²) in [6, 6.07) is 4.66. The second-order valence-electron chi connectivity index (χ2n) is 4.72. The van der Waals surface area contributed by atoms with Crippen molar-refractivity contribution >= 4 is 5.97 Å². The molecule has 0 fully saturated rings. The van der Waals surface area contributed by atoms with Crippen LogP contribution in [0.5, 0.6) is 0 Å². The summed E-state index contributed by atoms with van der Waals surface area (Å²) in [6.07, 6.45) is 0. The summed E-state index contributed by atoms with van der Waals surface area (Å²) in [5.74, 6) is -1.34. The molecule has 0 amide bonds. The molecule has 3 nitrogen and oxygen atoms in total. The highest BCUT2D eigenvalue weighted by molar-refractivity contribution is 5.75. The number of hydrogen-bond acceptors (Lipinski definition) is 2. The number of carboxylic acids is 1. The zero-order chi connectivity index (χ0) is 12.3. The van der Waals surface area contributed by atoms with E-state index < -0.39 is 12.0 Å². The van der Waals surface area contributed by atoms with Gasteiger partial charge < -0.3 is 5.11 Å². The summed E-state index contributed by atoms with van der Waals surface area (Å²) in [7, 11) is 0. The van der Waals surface area contributed by atoms with Gasteiger partial charge in [-0.25, -0.2) is 4.39 Å². The first-order chi connectivity index (χ1) is 7.29. The van der Waals surface area contributed by atoms with Gasteiger partial charge in [0.1, 0.15) is 11.9 Å². The Hall–Kier alpha value is -1.42. The average molecular weight is 225 g/mol. The van der Waals surface area contributed by atoms with Crippen LogP contribution >= 0.6 is 0 Å². The van der Waals surface area contributed by atoms with E-state index >= 15 is 0 Å². The summed E-state index contributed by atoms with van der Waals surface area (Å²) in [6.45, 7) is 5.64. The van der Waals surface area contributed by atoms with E-state index in [0.717, 1.165) is 0 Å². The summed E-state index contributed by atoms with van der Waals surface area (Å²) in [5, 5.41) is 12.1. The largest absolute Gasteiger partial charge is 0.480 e. The molecule has 0 aliphatic rings. The van der Waals surface area contributed by atoms with Crippen LogP contribution in [-0.4, -0.2) is 16.6 Å². The van der Waals surface area contributed by atoms with Crippen molar-refractivity contribution in [2.75, 3.05) is 0 Å². The lowest BCUT2D eigenvalue weighted by Crippen LogP contribution is -2.42. The van der Waals surface area contributed by atoms with Gasteiger partial charge in [-0.3, -0.25) is 10.1 Å². The molecular formula is C12H16FNO2. The van der Waals surface area contributed by atoms with E-state index in [0.29, 0.717) is 5.56 Å². The van der Waals surface area contributed by atoms with Crippen LogP contribution in [0, 0.1) is 5.82 Å². The molecular weight excluding hydrogens is 209 g/mol. The van der Waals surface area contributed by atoms with Crippen molar-refractivity contribution in [3.05, 3.63) is 35.6 Å². The molecule has 1 atom stereocenters. The molecule has 0 spiro atoms. The van der Waals surface area contributed by atoms with E-state index in [1.54, 1.807) is 0 Å². The summed E-state index contributed by atoms with van der Waals surface area (Å²) < 4.78 is 12.7. The van der Waals surface area contributed by atoms with Crippen molar-refractivity contribution in [1.29, 1.82) is 0 Å². The van der Waals surface area contributed by atoms with Crippen molar-refractivity contribution in [1.82, 2.24) is 5.32 Å². The topological polar surface area (TPSA) is 49.3 Å². The van der Waals surface area contributed by atoms with Gasteiger partial charge >= 0.3 is 5.97 Å². The number of rotatable bonds is 3. The van der Waals surface area contributed by atoms with Gasteiger partial charge in [-0.05, 0) is 38.5 Å². The normalized spacial score (nSPS) is 13.5. The fourth-order valence-corrected chi connectivity index (χ4v) is 1.38. The Labute approximate surface area is 94.3 Å². The Balaban J connectivity index is 2.94. The minimum Gasteiger partial charge on any atom is -0.480 e. The SMILES string of the molecule is CC(C)(C)NC(C(=O)O)c1ccc(F)cc1. The molecule has 0 aromatic heterocycles. The lowest BCUT2D eigenvalue weighted by Gasteiger charge is -2.26. The minimum absolute atomic E-state index is 0.322. The van der Waals surface area contributed by atoms with Crippen molar-refractivity contribution in [3.63, 3.8) is 0 Å².